The van der Waals surface area contributed by atoms with Crippen molar-refractivity contribution in [2.75, 3.05) is 20.3 Å². The molecule has 1 amide bonds. The van der Waals surface area contributed by atoms with Crippen LogP contribution in [0.15, 0.2) is 30.3 Å². The molecule has 22 heavy (non-hydrogen) atoms. The van der Waals surface area contributed by atoms with Gasteiger partial charge in [0.2, 0.25) is 5.91 Å². The highest BCUT2D eigenvalue weighted by Gasteiger charge is 2.07. The van der Waals surface area contributed by atoms with E-state index in [9.17, 15) is 9.59 Å². The number of allylic oxidation sites excluding steroid dienone is 1. The highest BCUT2D eigenvalue weighted by Crippen LogP contribution is 2.24. The van der Waals surface area contributed by atoms with Gasteiger partial charge in [0, 0.05) is 18.2 Å². The lowest BCUT2D eigenvalue weighted by Gasteiger charge is -2.08. The van der Waals surface area contributed by atoms with Crippen LogP contribution in [0.2, 0.25) is 0 Å². The van der Waals surface area contributed by atoms with Crippen molar-refractivity contribution in [2.24, 2.45) is 0 Å². The molecule has 1 N–H and O–H groups in total. The molecule has 0 aliphatic carbocycles. The van der Waals surface area contributed by atoms with Crippen molar-refractivity contribution in [3.05, 3.63) is 35.9 Å². The van der Waals surface area contributed by atoms with E-state index < -0.39 is 0 Å². The Kier molecular flexibility index (Phi) is 7.75. The molecule has 0 aromatic heterocycles. The van der Waals surface area contributed by atoms with E-state index in [4.69, 9.17) is 9.47 Å². The van der Waals surface area contributed by atoms with Crippen molar-refractivity contribution in [3.63, 3.8) is 0 Å². The Hall–Kier alpha value is -2.30. The number of hydrogen-bond acceptors (Lipinski definition) is 4. The number of hydrogen-bond donors (Lipinski definition) is 1. The number of carbonyl (C=O) groups excluding carboxylic acids is 2. The summed E-state index contributed by atoms with van der Waals surface area (Å²) in [6.45, 7) is 4.45. The highest BCUT2D eigenvalue weighted by atomic mass is 16.5. The summed E-state index contributed by atoms with van der Waals surface area (Å²) in [7, 11) is 1.59. The summed E-state index contributed by atoms with van der Waals surface area (Å²) < 4.78 is 10.2. The third-order valence-electron chi connectivity index (χ3n) is 2.97. The summed E-state index contributed by atoms with van der Waals surface area (Å²) >= 11 is 0. The Morgan fingerprint density at radius 3 is 2.68 bits per heavy atom. The van der Waals surface area contributed by atoms with Gasteiger partial charge in [0.25, 0.3) is 0 Å². The van der Waals surface area contributed by atoms with Crippen LogP contribution in [0.4, 0.5) is 0 Å². The van der Waals surface area contributed by atoms with Crippen molar-refractivity contribution in [1.29, 1.82) is 0 Å². The summed E-state index contributed by atoms with van der Waals surface area (Å²) in [5.41, 5.74) is 1.66. The molecular weight excluding hydrogens is 282 g/mol. The zero-order valence-corrected chi connectivity index (χ0v) is 13.3. The van der Waals surface area contributed by atoms with Gasteiger partial charge in [0.15, 0.2) is 0 Å². The van der Waals surface area contributed by atoms with Gasteiger partial charge in [-0.2, -0.15) is 0 Å². The average Bonchev–Trinajstić information content (AvgIpc) is 2.52. The number of rotatable bonds is 8. The van der Waals surface area contributed by atoms with Gasteiger partial charge >= 0.3 is 5.97 Å². The van der Waals surface area contributed by atoms with E-state index >= 15 is 0 Å². The molecule has 5 nitrogen and oxygen atoms in total. The fourth-order valence-corrected chi connectivity index (χ4v) is 1.87. The number of methoxy groups -OCH3 is 1. The minimum atomic E-state index is -0.299. The predicted molar refractivity (Wildman–Crippen MR) is 85.5 cm³/mol. The molecule has 0 atom stereocenters. The summed E-state index contributed by atoms with van der Waals surface area (Å²) in [5, 5.41) is 2.67. The molecule has 0 saturated carbocycles. The number of amides is 1. The highest BCUT2D eigenvalue weighted by molar-refractivity contribution is 5.95. The first kappa shape index (κ1) is 17.8. The molecule has 1 aromatic rings. The SMILES string of the molecule is CCCOC(=O)CCNC(=O)/C=C(/C)c1ccccc1OC. The molecule has 0 spiro atoms. The summed E-state index contributed by atoms with van der Waals surface area (Å²) in [4.78, 5) is 23.1. The quantitative estimate of drug-likeness (QED) is 0.592. The number of nitrogens with one attached hydrogen (secondary N) is 1. The van der Waals surface area contributed by atoms with Crippen LogP contribution in [0, 0.1) is 0 Å². The largest absolute Gasteiger partial charge is 0.496 e. The maximum Gasteiger partial charge on any atom is 0.307 e. The van der Waals surface area contributed by atoms with Gasteiger partial charge in [-0.25, -0.2) is 0 Å². The van der Waals surface area contributed by atoms with Crippen molar-refractivity contribution >= 4 is 17.4 Å². The molecular formula is C17H23NO4. The number of esters is 1. The Labute approximate surface area is 131 Å². The monoisotopic (exact) mass is 305 g/mol. The van der Waals surface area contributed by atoms with Crippen molar-refractivity contribution in [2.45, 2.75) is 26.7 Å². The Morgan fingerprint density at radius 2 is 2.00 bits per heavy atom. The van der Waals surface area contributed by atoms with Crippen LogP contribution in [0.25, 0.3) is 5.57 Å². The van der Waals surface area contributed by atoms with Gasteiger partial charge in [0.1, 0.15) is 5.75 Å². The molecule has 0 aliphatic heterocycles. The molecule has 0 fully saturated rings. The van der Waals surface area contributed by atoms with E-state index in [0.717, 1.165) is 17.6 Å². The van der Waals surface area contributed by atoms with Gasteiger partial charge < -0.3 is 14.8 Å². The molecule has 0 radical (unpaired) electrons. The topological polar surface area (TPSA) is 64.6 Å². The van der Waals surface area contributed by atoms with Gasteiger partial charge in [-0.15, -0.1) is 0 Å². The maximum atomic E-state index is 11.8. The zero-order valence-electron chi connectivity index (χ0n) is 13.3. The van der Waals surface area contributed by atoms with Crippen LogP contribution >= 0.6 is 0 Å². The van der Waals surface area contributed by atoms with Gasteiger partial charge in [0.05, 0.1) is 20.1 Å². The number of para-hydroxylation sites is 1. The van der Waals surface area contributed by atoms with E-state index in [1.54, 1.807) is 7.11 Å². The molecule has 5 heteroatoms. The smallest absolute Gasteiger partial charge is 0.307 e. The third kappa shape index (κ3) is 5.99. The number of ether oxygens (including phenoxy) is 2. The minimum absolute atomic E-state index is 0.174. The molecule has 0 heterocycles. The van der Waals surface area contributed by atoms with Crippen molar-refractivity contribution in [3.8, 4) is 5.75 Å². The van der Waals surface area contributed by atoms with E-state index in [2.05, 4.69) is 5.32 Å². The van der Waals surface area contributed by atoms with Crippen LogP contribution in [0.3, 0.4) is 0 Å². The third-order valence-corrected chi connectivity index (χ3v) is 2.97. The van der Waals surface area contributed by atoms with Crippen molar-refractivity contribution in [1.82, 2.24) is 5.32 Å². The normalized spacial score (nSPS) is 11.0. The van der Waals surface area contributed by atoms with E-state index in [1.807, 2.05) is 38.1 Å². The molecule has 0 bridgehead atoms. The minimum Gasteiger partial charge on any atom is -0.496 e. The lowest BCUT2D eigenvalue weighted by Crippen LogP contribution is -2.25. The van der Waals surface area contributed by atoms with Crippen LogP contribution < -0.4 is 10.1 Å². The second kappa shape index (κ2) is 9.60. The standard InChI is InChI=1S/C17H23NO4/c1-4-11-22-17(20)9-10-18-16(19)12-13(2)14-7-5-6-8-15(14)21-3/h5-8,12H,4,9-11H2,1-3H3,(H,18,19)/b13-12-. The van der Waals surface area contributed by atoms with E-state index in [-0.39, 0.29) is 24.8 Å². The zero-order chi connectivity index (χ0) is 16.4. The molecule has 0 saturated heterocycles. The Balaban J connectivity index is 2.51. The second-order valence-electron chi connectivity index (χ2n) is 4.79. The van der Waals surface area contributed by atoms with E-state index in [1.165, 1.54) is 6.08 Å². The predicted octanol–water partition coefficient (Wildman–Crippen LogP) is 2.56. The summed E-state index contributed by atoms with van der Waals surface area (Å²) in [6.07, 6.45) is 2.46. The lowest BCUT2D eigenvalue weighted by molar-refractivity contribution is -0.143. The first-order valence-corrected chi connectivity index (χ1v) is 7.33. The molecule has 1 aromatic carbocycles. The first-order valence-electron chi connectivity index (χ1n) is 7.33. The molecule has 1 rings (SSSR count). The first-order chi connectivity index (χ1) is 10.6. The average molecular weight is 305 g/mol. The van der Waals surface area contributed by atoms with Gasteiger partial charge in [-0.1, -0.05) is 25.1 Å². The summed E-state index contributed by atoms with van der Waals surface area (Å²) in [6, 6.07) is 7.49. The van der Waals surface area contributed by atoms with Gasteiger partial charge in [-0.05, 0) is 25.0 Å². The fraction of sp³-hybridized carbons (Fsp3) is 0.412. The molecule has 120 valence electrons. The van der Waals surface area contributed by atoms with Crippen molar-refractivity contribution < 1.29 is 19.1 Å². The Bertz CT molecular complexity index is 537. The number of carbonyl (C=O) groups is 2. The van der Waals surface area contributed by atoms with Crippen LogP contribution in [-0.2, 0) is 14.3 Å². The Morgan fingerprint density at radius 1 is 1.27 bits per heavy atom. The van der Waals surface area contributed by atoms with Crippen LogP contribution in [0.5, 0.6) is 5.75 Å². The van der Waals surface area contributed by atoms with Gasteiger partial charge in [-0.3, -0.25) is 9.59 Å². The fourth-order valence-electron chi connectivity index (χ4n) is 1.87. The number of benzene rings is 1. The summed E-state index contributed by atoms with van der Waals surface area (Å²) in [5.74, 6) is 0.173. The molecule has 0 aliphatic rings. The van der Waals surface area contributed by atoms with Crippen LogP contribution in [0.1, 0.15) is 32.3 Å². The van der Waals surface area contributed by atoms with E-state index in [0.29, 0.717) is 12.4 Å². The second-order valence-corrected chi connectivity index (χ2v) is 4.79. The van der Waals surface area contributed by atoms with Crippen LogP contribution in [-0.4, -0.2) is 32.1 Å². The maximum absolute atomic E-state index is 11.8. The lowest BCUT2D eigenvalue weighted by atomic mass is 10.1. The molecule has 0 unspecified atom stereocenters.